The summed E-state index contributed by atoms with van der Waals surface area (Å²) >= 11 is 0. The topological polar surface area (TPSA) is 100 Å². The molecular formula is C29H44N4O5. The molecular weight excluding hydrogens is 484 g/mol. The largest absolute Gasteiger partial charge is 0.465 e. The zero-order chi connectivity index (χ0) is 27.7. The van der Waals surface area contributed by atoms with Crippen molar-refractivity contribution < 1.29 is 24.2 Å². The maximum absolute atomic E-state index is 14.3. The lowest BCUT2D eigenvalue weighted by Crippen LogP contribution is -2.53. The summed E-state index contributed by atoms with van der Waals surface area (Å²) in [5, 5.41) is 9.68. The minimum atomic E-state index is -0.895. The summed E-state index contributed by atoms with van der Waals surface area (Å²) in [6, 6.07) is 7.87. The molecule has 9 heteroatoms. The van der Waals surface area contributed by atoms with Gasteiger partial charge in [-0.25, -0.2) is 9.78 Å². The number of aromatic nitrogens is 2. The van der Waals surface area contributed by atoms with Gasteiger partial charge in [-0.1, -0.05) is 46.8 Å². The molecule has 0 aliphatic carbocycles. The molecule has 2 amide bonds. The maximum Gasteiger partial charge on any atom is 0.407 e. The van der Waals surface area contributed by atoms with Gasteiger partial charge in [0.05, 0.1) is 11.0 Å². The van der Waals surface area contributed by atoms with E-state index in [0.29, 0.717) is 38.6 Å². The molecule has 0 spiro atoms. The van der Waals surface area contributed by atoms with E-state index < -0.39 is 17.9 Å². The average molecular weight is 529 g/mol. The minimum absolute atomic E-state index is 0.00710. The van der Waals surface area contributed by atoms with E-state index in [2.05, 4.69) is 34.6 Å². The number of carboxylic acid groups (broad SMARTS) is 1. The number of nitrogens with zero attached hydrogens (tertiary/aromatic N) is 4. The van der Waals surface area contributed by atoms with Gasteiger partial charge < -0.3 is 28.9 Å². The Bertz CT molecular complexity index is 1140. The number of carbonyl (C=O) groups is 2. The third-order valence-electron chi connectivity index (χ3n) is 8.02. The number of rotatable bonds is 10. The molecule has 9 nitrogen and oxygen atoms in total. The van der Waals surface area contributed by atoms with Crippen LogP contribution in [-0.4, -0.2) is 81.6 Å². The van der Waals surface area contributed by atoms with Crippen LogP contribution in [0.15, 0.2) is 24.3 Å². The van der Waals surface area contributed by atoms with Crippen LogP contribution < -0.4 is 0 Å². The first-order valence-electron chi connectivity index (χ1n) is 13.9. The smallest absolute Gasteiger partial charge is 0.407 e. The van der Waals surface area contributed by atoms with E-state index in [-0.39, 0.29) is 23.2 Å². The highest BCUT2D eigenvalue weighted by molar-refractivity contribution is 5.95. The Kier molecular flexibility index (Phi) is 8.37. The van der Waals surface area contributed by atoms with Crippen LogP contribution in [0.3, 0.4) is 0 Å². The molecule has 0 saturated carbocycles. The Morgan fingerprint density at radius 2 is 2.00 bits per heavy atom. The summed E-state index contributed by atoms with van der Waals surface area (Å²) in [6.07, 6.45) is 2.11. The zero-order valence-corrected chi connectivity index (χ0v) is 23.8. The zero-order valence-electron chi connectivity index (χ0n) is 23.8. The molecule has 2 fully saturated rings. The van der Waals surface area contributed by atoms with E-state index in [0.717, 1.165) is 36.7 Å². The van der Waals surface area contributed by atoms with Crippen LogP contribution in [0.5, 0.6) is 0 Å². The van der Waals surface area contributed by atoms with Gasteiger partial charge in [0, 0.05) is 45.8 Å². The number of benzene rings is 1. The van der Waals surface area contributed by atoms with Crippen molar-refractivity contribution in [2.75, 3.05) is 33.4 Å². The molecule has 2 saturated heterocycles. The number of methoxy groups -OCH3 is 1. The van der Waals surface area contributed by atoms with Gasteiger partial charge in [-0.05, 0) is 49.1 Å². The third kappa shape index (κ3) is 5.41. The first-order chi connectivity index (χ1) is 18.0. The number of likely N-dealkylation sites (tertiary alicyclic amines) is 1. The van der Waals surface area contributed by atoms with Gasteiger partial charge in [0.25, 0.3) is 5.91 Å². The number of carbonyl (C=O) groups excluding carboxylic acids is 1. The first-order valence-corrected chi connectivity index (χ1v) is 13.9. The Balaban J connectivity index is 1.69. The maximum atomic E-state index is 14.3. The molecule has 3 atom stereocenters. The van der Waals surface area contributed by atoms with Gasteiger partial charge in [-0.3, -0.25) is 4.79 Å². The number of piperidine rings is 1. The number of hydrogen-bond acceptors (Lipinski definition) is 5. The molecule has 3 heterocycles. The predicted octanol–water partition coefficient (Wildman–Crippen LogP) is 5.09. The van der Waals surface area contributed by atoms with Crippen LogP contribution in [0.4, 0.5) is 4.79 Å². The number of ether oxygens (including phenoxy) is 2. The van der Waals surface area contributed by atoms with E-state index in [1.807, 2.05) is 33.7 Å². The lowest BCUT2D eigenvalue weighted by Gasteiger charge is -2.41. The van der Waals surface area contributed by atoms with Crippen molar-refractivity contribution in [3.05, 3.63) is 30.1 Å². The van der Waals surface area contributed by atoms with E-state index in [4.69, 9.17) is 14.5 Å². The second-order valence-electron chi connectivity index (χ2n) is 12.2. The second-order valence-corrected chi connectivity index (χ2v) is 12.2. The fourth-order valence-electron chi connectivity index (χ4n) is 6.19. The van der Waals surface area contributed by atoms with Gasteiger partial charge >= 0.3 is 6.09 Å². The van der Waals surface area contributed by atoms with Crippen molar-refractivity contribution in [1.82, 2.24) is 19.4 Å². The molecule has 2 aliphatic rings. The van der Waals surface area contributed by atoms with Crippen LogP contribution in [0.1, 0.15) is 70.9 Å². The fourth-order valence-corrected chi connectivity index (χ4v) is 6.19. The molecule has 38 heavy (non-hydrogen) atoms. The van der Waals surface area contributed by atoms with Crippen LogP contribution in [-0.2, 0) is 16.0 Å². The van der Waals surface area contributed by atoms with Gasteiger partial charge in [0.15, 0.2) is 12.1 Å². The number of aryl methyl sites for hydroxylation is 1. The van der Waals surface area contributed by atoms with Crippen LogP contribution in [0, 0.1) is 17.3 Å². The standard InChI is InChI=1S/C29H44N4O5/c1-20(2)18-33(26-29(38-26,28(3,4)5)21-12-11-15-31(19-21)27(35)36)25(34)24-30-22-13-7-8-14-23(22)32(24)16-9-10-17-37-6/h7-8,13-14,20-21,26H,9-12,15-19H2,1-6H3,(H,35,36)/t21?,26-,29+/m1/s1. The van der Waals surface area contributed by atoms with Crippen molar-refractivity contribution in [2.45, 2.75) is 78.7 Å². The van der Waals surface area contributed by atoms with Crippen molar-refractivity contribution in [3.8, 4) is 0 Å². The number of unbranched alkanes of at least 4 members (excludes halogenated alkanes) is 1. The highest BCUT2D eigenvalue weighted by Crippen LogP contribution is 2.58. The highest BCUT2D eigenvalue weighted by atomic mass is 16.6. The van der Waals surface area contributed by atoms with Crippen molar-refractivity contribution in [1.29, 1.82) is 0 Å². The lowest BCUT2D eigenvalue weighted by atomic mass is 9.69. The van der Waals surface area contributed by atoms with Crippen LogP contribution in [0.2, 0.25) is 0 Å². The van der Waals surface area contributed by atoms with Crippen LogP contribution >= 0.6 is 0 Å². The molecule has 1 aromatic carbocycles. The van der Waals surface area contributed by atoms with E-state index >= 15 is 0 Å². The summed E-state index contributed by atoms with van der Waals surface area (Å²) < 4.78 is 13.9. The molecule has 2 aliphatic heterocycles. The number of epoxide rings is 1. The van der Waals surface area contributed by atoms with Gasteiger partial charge in [-0.2, -0.15) is 0 Å². The molecule has 1 unspecified atom stereocenters. The Labute approximate surface area is 226 Å². The number of imidazole rings is 1. The van der Waals surface area contributed by atoms with Crippen molar-refractivity contribution in [2.24, 2.45) is 17.3 Å². The van der Waals surface area contributed by atoms with E-state index in [9.17, 15) is 14.7 Å². The lowest BCUT2D eigenvalue weighted by molar-refractivity contribution is 0.0405. The number of fused-ring (bicyclic) bond motifs is 1. The predicted molar refractivity (Wildman–Crippen MR) is 146 cm³/mol. The van der Waals surface area contributed by atoms with Gasteiger partial charge in [0.1, 0.15) is 5.60 Å². The van der Waals surface area contributed by atoms with E-state index in [1.165, 1.54) is 4.90 Å². The third-order valence-corrected chi connectivity index (χ3v) is 8.02. The molecule has 210 valence electrons. The fraction of sp³-hybridized carbons (Fsp3) is 0.690. The SMILES string of the molecule is COCCCCn1c(C(=O)N(CC(C)C)[C@@H]2O[C@]2(C2CCCN(C(=O)O)C2)C(C)(C)C)nc2ccccc21. The summed E-state index contributed by atoms with van der Waals surface area (Å²) in [4.78, 5) is 34.3. The van der Waals surface area contributed by atoms with Crippen molar-refractivity contribution in [3.63, 3.8) is 0 Å². The molecule has 4 rings (SSSR count). The summed E-state index contributed by atoms with van der Waals surface area (Å²) in [5.74, 6) is 0.525. The van der Waals surface area contributed by atoms with Gasteiger partial charge in [-0.15, -0.1) is 0 Å². The molecule has 1 aromatic heterocycles. The number of para-hydroxylation sites is 2. The van der Waals surface area contributed by atoms with E-state index in [1.54, 1.807) is 7.11 Å². The first kappa shape index (κ1) is 28.4. The minimum Gasteiger partial charge on any atom is -0.465 e. The van der Waals surface area contributed by atoms with Gasteiger partial charge in [0.2, 0.25) is 0 Å². The number of amides is 2. The normalized spacial score (nSPS) is 23.7. The average Bonchev–Trinajstić information content (AvgIpc) is 3.54. The molecule has 0 bridgehead atoms. The Morgan fingerprint density at radius 1 is 1.26 bits per heavy atom. The highest BCUT2D eigenvalue weighted by Gasteiger charge is 2.70. The molecule has 1 N–H and O–H groups in total. The van der Waals surface area contributed by atoms with Crippen LogP contribution in [0.25, 0.3) is 11.0 Å². The monoisotopic (exact) mass is 528 g/mol. The Hall–Kier alpha value is -2.65. The second kappa shape index (κ2) is 11.2. The summed E-state index contributed by atoms with van der Waals surface area (Å²) in [5.41, 5.74) is 0.830. The van der Waals surface area contributed by atoms with Crippen molar-refractivity contribution >= 4 is 23.0 Å². The summed E-state index contributed by atoms with van der Waals surface area (Å²) in [7, 11) is 1.70. The Morgan fingerprint density at radius 3 is 2.66 bits per heavy atom. The number of hydrogen-bond donors (Lipinski definition) is 1. The quantitative estimate of drug-likeness (QED) is 0.340. The summed E-state index contributed by atoms with van der Waals surface area (Å²) in [6.45, 7) is 13.4. The molecule has 0 radical (unpaired) electrons. The molecule has 2 aromatic rings.